The van der Waals surface area contributed by atoms with E-state index in [9.17, 15) is 23.1 Å². The first-order valence-corrected chi connectivity index (χ1v) is 11.7. The Kier molecular flexibility index (Phi) is 7.63. The summed E-state index contributed by atoms with van der Waals surface area (Å²) in [6.07, 6.45) is -1.76. The molecule has 0 aromatic heterocycles. The van der Waals surface area contributed by atoms with Gasteiger partial charge in [-0.2, -0.15) is 0 Å². The molecule has 0 spiro atoms. The zero-order chi connectivity index (χ0) is 24.1. The number of benzene rings is 2. The fourth-order valence-electron chi connectivity index (χ4n) is 4.59. The fraction of sp³-hybridized carbons (Fsp3) is 0.480. The van der Waals surface area contributed by atoms with Gasteiger partial charge >= 0.3 is 6.36 Å². The van der Waals surface area contributed by atoms with E-state index >= 15 is 0 Å². The number of carbonyl (C=O) groups is 1. The summed E-state index contributed by atoms with van der Waals surface area (Å²) in [5.74, 6) is -0.252. The molecule has 2 aromatic rings. The molecule has 2 heterocycles. The lowest BCUT2D eigenvalue weighted by Gasteiger charge is -2.34. The summed E-state index contributed by atoms with van der Waals surface area (Å²) in [5.41, 5.74) is 2.43. The molecule has 2 aromatic carbocycles. The smallest absolute Gasteiger partial charge is 0.406 e. The fourth-order valence-corrected chi connectivity index (χ4v) is 4.59. The van der Waals surface area contributed by atoms with E-state index in [1.807, 2.05) is 24.3 Å². The van der Waals surface area contributed by atoms with Crippen molar-refractivity contribution in [2.45, 2.75) is 50.7 Å². The number of hydrogen-bond acceptors (Lipinski definition) is 5. The van der Waals surface area contributed by atoms with Crippen LogP contribution in [0, 0.1) is 0 Å². The molecule has 9 heteroatoms. The Balaban J connectivity index is 1.25. The molecule has 0 aliphatic carbocycles. The lowest BCUT2D eigenvalue weighted by molar-refractivity contribution is -0.274. The van der Waals surface area contributed by atoms with Gasteiger partial charge in [0, 0.05) is 50.0 Å². The quantitative estimate of drug-likeness (QED) is 0.660. The number of alkyl halides is 3. The molecule has 2 aliphatic heterocycles. The zero-order valence-corrected chi connectivity index (χ0v) is 18.9. The second kappa shape index (κ2) is 10.7. The Bertz CT molecular complexity index is 960. The highest BCUT2D eigenvalue weighted by atomic mass is 19.4. The van der Waals surface area contributed by atoms with Crippen LogP contribution in [-0.2, 0) is 6.54 Å². The maximum absolute atomic E-state index is 12.7. The van der Waals surface area contributed by atoms with Crippen LogP contribution in [0.4, 0.5) is 18.9 Å². The van der Waals surface area contributed by atoms with Crippen molar-refractivity contribution in [1.29, 1.82) is 0 Å². The zero-order valence-electron chi connectivity index (χ0n) is 18.9. The van der Waals surface area contributed by atoms with Gasteiger partial charge in [-0.05, 0) is 67.6 Å². The Hall–Kier alpha value is -2.78. The first-order chi connectivity index (χ1) is 16.3. The van der Waals surface area contributed by atoms with Crippen molar-refractivity contribution in [3.63, 3.8) is 0 Å². The van der Waals surface area contributed by atoms with Crippen molar-refractivity contribution < 1.29 is 27.8 Å². The average Bonchev–Trinajstić information content (AvgIpc) is 2.82. The van der Waals surface area contributed by atoms with Gasteiger partial charge in [0.2, 0.25) is 0 Å². The molecule has 2 fully saturated rings. The van der Waals surface area contributed by atoms with E-state index < -0.39 is 12.5 Å². The van der Waals surface area contributed by atoms with Crippen LogP contribution < -0.4 is 15.0 Å². The van der Waals surface area contributed by atoms with Gasteiger partial charge in [0.15, 0.2) is 0 Å². The summed E-state index contributed by atoms with van der Waals surface area (Å²) >= 11 is 0. The number of carbonyl (C=O) groups excluding carboxylic acids is 1. The molecule has 2 aliphatic rings. The highest BCUT2D eigenvalue weighted by Gasteiger charge is 2.31. The number of aliphatic hydroxyl groups is 1. The van der Waals surface area contributed by atoms with E-state index in [2.05, 4.69) is 15.0 Å². The maximum atomic E-state index is 12.7. The number of β-amino-alcohol motifs (C(OH)–C–C–N with tert-alkyl or cyclic N) is 1. The predicted octanol–water partition coefficient (Wildman–Crippen LogP) is 3.94. The van der Waals surface area contributed by atoms with Crippen LogP contribution in [-0.4, -0.2) is 60.6 Å². The molecule has 2 saturated heterocycles. The number of halogens is 3. The van der Waals surface area contributed by atoms with Crippen LogP contribution in [0.2, 0.25) is 0 Å². The van der Waals surface area contributed by atoms with E-state index in [1.54, 1.807) is 17.0 Å². The molecule has 1 amide bonds. The van der Waals surface area contributed by atoms with Gasteiger partial charge in [-0.3, -0.25) is 4.79 Å². The normalized spacial score (nSPS) is 19.8. The van der Waals surface area contributed by atoms with Crippen LogP contribution in [0.25, 0.3) is 0 Å². The summed E-state index contributed by atoms with van der Waals surface area (Å²) in [6, 6.07) is 13.9. The van der Waals surface area contributed by atoms with Gasteiger partial charge in [0.05, 0.1) is 6.10 Å². The number of anilines is 1. The molecule has 0 radical (unpaired) electrons. The van der Waals surface area contributed by atoms with Gasteiger partial charge in [-0.1, -0.05) is 12.1 Å². The van der Waals surface area contributed by atoms with Gasteiger partial charge < -0.3 is 25.0 Å². The molecular formula is C25H30F3N3O3. The van der Waals surface area contributed by atoms with Crippen LogP contribution in [0.5, 0.6) is 5.75 Å². The minimum atomic E-state index is -4.69. The number of nitrogens with zero attached hydrogens (tertiary/aromatic N) is 2. The van der Waals surface area contributed by atoms with Crippen molar-refractivity contribution in [2.24, 2.45) is 0 Å². The van der Waals surface area contributed by atoms with Crippen LogP contribution in [0.1, 0.15) is 41.6 Å². The van der Waals surface area contributed by atoms with Crippen molar-refractivity contribution in [1.82, 2.24) is 10.2 Å². The van der Waals surface area contributed by atoms with E-state index in [0.29, 0.717) is 25.2 Å². The molecule has 6 nitrogen and oxygen atoms in total. The summed E-state index contributed by atoms with van der Waals surface area (Å²) in [6.45, 7) is 3.24. The number of likely N-dealkylation sites (tertiary alicyclic amines) is 1. The van der Waals surface area contributed by atoms with E-state index in [-0.39, 0.29) is 17.7 Å². The molecule has 0 bridgehead atoms. The number of nitrogens with one attached hydrogen (secondary N) is 1. The maximum Gasteiger partial charge on any atom is 0.573 e. The number of piperidine rings is 2. The molecule has 0 unspecified atom stereocenters. The number of rotatable bonds is 6. The van der Waals surface area contributed by atoms with Gasteiger partial charge in [-0.15, -0.1) is 13.2 Å². The largest absolute Gasteiger partial charge is 0.573 e. The second-order valence-corrected chi connectivity index (χ2v) is 8.93. The highest BCUT2D eigenvalue weighted by Crippen LogP contribution is 2.25. The Morgan fingerprint density at radius 2 is 1.79 bits per heavy atom. The SMILES string of the molecule is O=C(c1ccc(N2CCC(NCc3cccc(OC(F)(F)F)c3)CC2)cc1)N1CCC[C@@H](O)C1. The Labute approximate surface area is 197 Å². The molecule has 184 valence electrons. The number of hydrogen-bond donors (Lipinski definition) is 2. The van der Waals surface area contributed by atoms with Crippen LogP contribution >= 0.6 is 0 Å². The minimum Gasteiger partial charge on any atom is -0.406 e. The van der Waals surface area contributed by atoms with Crippen molar-refractivity contribution in [3.05, 3.63) is 59.7 Å². The molecule has 4 rings (SSSR count). The molecule has 0 saturated carbocycles. The lowest BCUT2D eigenvalue weighted by atomic mass is 10.0. The number of amides is 1. The summed E-state index contributed by atoms with van der Waals surface area (Å²) in [5, 5.41) is 13.2. The van der Waals surface area contributed by atoms with Crippen molar-refractivity contribution in [3.8, 4) is 5.75 Å². The van der Waals surface area contributed by atoms with Gasteiger partial charge in [0.1, 0.15) is 5.75 Å². The molecule has 2 N–H and O–H groups in total. The standard InChI is InChI=1S/C25H30F3N3O3/c26-25(27,28)34-23-5-1-3-18(15-23)16-29-20-10-13-30(14-11-20)21-8-6-19(7-9-21)24(33)31-12-2-4-22(32)17-31/h1,3,5-9,15,20,22,29,32H,2,4,10-14,16-17H2/t22-/m1/s1. The topological polar surface area (TPSA) is 65.0 Å². The molecular weight excluding hydrogens is 447 g/mol. The Morgan fingerprint density at radius 3 is 2.47 bits per heavy atom. The van der Waals surface area contributed by atoms with Gasteiger partial charge in [-0.25, -0.2) is 0 Å². The van der Waals surface area contributed by atoms with Crippen LogP contribution in [0.3, 0.4) is 0 Å². The third-order valence-corrected chi connectivity index (χ3v) is 6.38. The lowest BCUT2D eigenvalue weighted by Crippen LogP contribution is -2.42. The number of aliphatic hydroxyl groups excluding tert-OH is 1. The minimum absolute atomic E-state index is 0.0436. The van der Waals surface area contributed by atoms with E-state index in [1.165, 1.54) is 12.1 Å². The van der Waals surface area contributed by atoms with Gasteiger partial charge in [0.25, 0.3) is 5.91 Å². The van der Waals surface area contributed by atoms with Crippen LogP contribution in [0.15, 0.2) is 48.5 Å². The first-order valence-electron chi connectivity index (χ1n) is 11.7. The monoisotopic (exact) mass is 477 g/mol. The predicted molar refractivity (Wildman–Crippen MR) is 123 cm³/mol. The third kappa shape index (κ3) is 6.64. The Morgan fingerprint density at radius 1 is 1.06 bits per heavy atom. The second-order valence-electron chi connectivity index (χ2n) is 8.93. The average molecular weight is 478 g/mol. The third-order valence-electron chi connectivity index (χ3n) is 6.38. The summed E-state index contributed by atoms with van der Waals surface area (Å²) < 4.78 is 41.2. The summed E-state index contributed by atoms with van der Waals surface area (Å²) in [4.78, 5) is 16.7. The number of ether oxygens (including phenoxy) is 1. The first kappa shape index (κ1) is 24.3. The van der Waals surface area contributed by atoms with Crippen molar-refractivity contribution >= 4 is 11.6 Å². The highest BCUT2D eigenvalue weighted by molar-refractivity contribution is 5.94. The van der Waals surface area contributed by atoms with Crippen molar-refractivity contribution in [2.75, 3.05) is 31.1 Å². The molecule has 1 atom stereocenters. The van der Waals surface area contributed by atoms with E-state index in [4.69, 9.17) is 0 Å². The summed E-state index contributed by atoms with van der Waals surface area (Å²) in [7, 11) is 0. The van der Waals surface area contributed by atoms with E-state index in [0.717, 1.165) is 50.0 Å². The molecule has 34 heavy (non-hydrogen) atoms.